The van der Waals surface area contributed by atoms with E-state index in [-0.39, 0.29) is 27.7 Å². The first-order valence-electron chi connectivity index (χ1n) is 11.0. The van der Waals surface area contributed by atoms with E-state index in [4.69, 9.17) is 16.3 Å². The molecule has 0 unspecified atom stereocenters. The fraction of sp³-hybridized carbons (Fsp3) is 0.400. The molecule has 0 atom stereocenters. The fourth-order valence-electron chi connectivity index (χ4n) is 3.81. The minimum Gasteiger partial charge on any atom is -0.422 e. The number of fused-ring (bicyclic) bond motifs is 1. The third kappa shape index (κ3) is 4.41. The van der Waals surface area contributed by atoms with Crippen molar-refractivity contribution in [2.45, 2.75) is 52.7 Å². The van der Waals surface area contributed by atoms with Crippen molar-refractivity contribution in [2.75, 3.05) is 11.9 Å². The molecule has 1 aliphatic heterocycles. The second-order valence-electron chi connectivity index (χ2n) is 10.0. The van der Waals surface area contributed by atoms with Gasteiger partial charge in [-0.2, -0.15) is 8.78 Å². The number of esters is 1. The Morgan fingerprint density at radius 2 is 1.78 bits per heavy atom. The molecule has 194 valence electrons. The Morgan fingerprint density at radius 3 is 2.33 bits per heavy atom. The van der Waals surface area contributed by atoms with Crippen LogP contribution in [0.5, 0.6) is 0 Å². The molecule has 1 aromatic carbocycles. The van der Waals surface area contributed by atoms with Gasteiger partial charge in [-0.3, -0.25) is 14.6 Å². The van der Waals surface area contributed by atoms with E-state index in [1.165, 1.54) is 32.2 Å². The van der Waals surface area contributed by atoms with E-state index >= 15 is 0 Å². The predicted molar refractivity (Wildman–Crippen MR) is 134 cm³/mol. The lowest BCUT2D eigenvalue weighted by atomic mass is 9.96. The number of benzene rings is 1. The van der Waals surface area contributed by atoms with E-state index in [1.807, 2.05) is 0 Å². The van der Waals surface area contributed by atoms with Gasteiger partial charge in [0.05, 0.1) is 20.9 Å². The lowest BCUT2D eigenvalue weighted by Crippen LogP contribution is -2.37. The average Bonchev–Trinajstić information content (AvgIpc) is 2.77. The summed E-state index contributed by atoms with van der Waals surface area (Å²) in [5.74, 6) is -2.54. The summed E-state index contributed by atoms with van der Waals surface area (Å²) in [6.07, 6.45) is -1.86. The highest BCUT2D eigenvalue weighted by Crippen LogP contribution is 2.51. The molecule has 3 rings (SSSR count). The number of pyridine rings is 1. The fourth-order valence-corrected chi connectivity index (χ4v) is 6.11. The molecule has 0 spiro atoms. The van der Waals surface area contributed by atoms with Crippen molar-refractivity contribution in [1.29, 1.82) is 0 Å². The number of amides is 1. The van der Waals surface area contributed by atoms with E-state index in [0.717, 1.165) is 7.05 Å². The molecular weight excluding hydrogens is 514 g/mol. The Morgan fingerprint density at radius 1 is 1.17 bits per heavy atom. The molecule has 11 heteroatoms. The van der Waals surface area contributed by atoms with Gasteiger partial charge in [-0.15, -0.1) is 0 Å². The van der Waals surface area contributed by atoms with E-state index in [0.29, 0.717) is 16.0 Å². The highest BCUT2D eigenvalue weighted by Gasteiger charge is 2.49. The van der Waals surface area contributed by atoms with Crippen LogP contribution in [0.4, 0.5) is 14.5 Å². The first-order chi connectivity index (χ1) is 16.4. The van der Waals surface area contributed by atoms with Crippen molar-refractivity contribution in [3.05, 3.63) is 57.9 Å². The number of carbonyl (C=O) groups is 2. The third-order valence-corrected chi connectivity index (χ3v) is 8.93. The summed E-state index contributed by atoms with van der Waals surface area (Å²) >= 11 is 6.63. The first-order valence-corrected chi connectivity index (χ1v) is 12.8. The number of rotatable bonds is 4. The zero-order valence-electron chi connectivity index (χ0n) is 20.9. The second kappa shape index (κ2) is 9.23. The summed E-state index contributed by atoms with van der Waals surface area (Å²) in [4.78, 5) is 29.6. The molecule has 2 heterocycles. The van der Waals surface area contributed by atoms with E-state index in [1.54, 1.807) is 39.8 Å². The number of hydrogen-bond acceptors (Lipinski definition) is 6. The van der Waals surface area contributed by atoms with Crippen molar-refractivity contribution in [3.8, 4) is 0 Å². The van der Waals surface area contributed by atoms with Crippen molar-refractivity contribution in [3.63, 3.8) is 0 Å². The number of halogens is 3. The van der Waals surface area contributed by atoms with Gasteiger partial charge in [-0.25, -0.2) is 8.42 Å². The highest BCUT2D eigenvalue weighted by atomic mass is 35.5. The Kier molecular flexibility index (Phi) is 7.11. The summed E-state index contributed by atoms with van der Waals surface area (Å²) in [7, 11) is -3.17. The number of aryl methyl sites for hydroxylation is 1. The number of anilines is 1. The van der Waals surface area contributed by atoms with Crippen LogP contribution in [0.25, 0.3) is 10.7 Å². The van der Waals surface area contributed by atoms with Gasteiger partial charge in [0.15, 0.2) is 15.6 Å². The molecule has 0 aliphatic carbocycles. The second-order valence-corrected chi connectivity index (χ2v) is 12.8. The number of ether oxygens (including phenoxy) is 1. The highest BCUT2D eigenvalue weighted by molar-refractivity contribution is 8.01. The van der Waals surface area contributed by atoms with Crippen LogP contribution in [0, 0.1) is 12.3 Å². The molecule has 7 nitrogen and oxygen atoms in total. The van der Waals surface area contributed by atoms with E-state index < -0.39 is 43.2 Å². The standard InChI is InChI=1S/C25H27ClF2N2O5S/c1-13-10-11-14(16(26)18(13)30(7)22(31)21(27)28)20-19(35-23(32)24(2,3)4)17-15(9-8-12-29-17)25(5,6)36(20,33)34/h8-12,21H,1-7H3. The molecule has 0 saturated carbocycles. The number of hydrogen-bond donors (Lipinski definition) is 0. The molecular formula is C25H27ClF2N2O5S. The van der Waals surface area contributed by atoms with Gasteiger partial charge in [-0.05, 0) is 53.2 Å². The molecule has 0 saturated heterocycles. The summed E-state index contributed by atoms with van der Waals surface area (Å²) in [5, 5.41) is -0.260. The van der Waals surface area contributed by atoms with Crippen LogP contribution < -0.4 is 4.90 Å². The molecule has 0 radical (unpaired) electrons. The van der Waals surface area contributed by atoms with Crippen LogP contribution in [-0.2, 0) is 28.9 Å². The van der Waals surface area contributed by atoms with Crippen LogP contribution >= 0.6 is 11.6 Å². The van der Waals surface area contributed by atoms with Crippen LogP contribution in [0.1, 0.15) is 57.0 Å². The summed E-state index contributed by atoms with van der Waals surface area (Å²) in [6, 6.07) is 6.01. The van der Waals surface area contributed by atoms with E-state index in [2.05, 4.69) is 4.98 Å². The molecule has 2 aromatic rings. The van der Waals surface area contributed by atoms with Crippen molar-refractivity contribution < 1.29 is 31.5 Å². The zero-order chi connectivity index (χ0) is 27.4. The number of sulfone groups is 1. The van der Waals surface area contributed by atoms with Crippen LogP contribution in [0.15, 0.2) is 30.5 Å². The van der Waals surface area contributed by atoms with E-state index in [9.17, 15) is 26.8 Å². The van der Waals surface area contributed by atoms with Crippen LogP contribution in [0.2, 0.25) is 5.02 Å². The van der Waals surface area contributed by atoms with Gasteiger partial charge in [0.25, 0.3) is 5.91 Å². The minimum absolute atomic E-state index is 0.0895. The number of alkyl halides is 2. The molecule has 1 amide bonds. The van der Waals surface area contributed by atoms with Gasteiger partial charge in [-0.1, -0.05) is 29.8 Å². The smallest absolute Gasteiger partial charge is 0.316 e. The number of nitrogens with zero attached hydrogens (tertiary/aromatic N) is 2. The maximum atomic E-state index is 14.1. The van der Waals surface area contributed by atoms with Gasteiger partial charge < -0.3 is 9.64 Å². The minimum atomic E-state index is -4.30. The maximum Gasteiger partial charge on any atom is 0.316 e. The van der Waals surface area contributed by atoms with Gasteiger partial charge >= 0.3 is 12.4 Å². The quantitative estimate of drug-likeness (QED) is 0.485. The Labute approximate surface area is 214 Å². The Balaban J connectivity index is 2.46. The summed E-state index contributed by atoms with van der Waals surface area (Å²) in [6.45, 7) is 9.35. The molecule has 0 bridgehead atoms. The molecule has 1 aromatic heterocycles. The SMILES string of the molecule is Cc1ccc(C2=C(OC(=O)C(C)(C)C)c3ncccc3C(C)(C)S2(=O)=O)c(Cl)c1N(C)C(=O)C(F)F. The van der Waals surface area contributed by atoms with Crippen LogP contribution in [0.3, 0.4) is 0 Å². The summed E-state index contributed by atoms with van der Waals surface area (Å²) in [5.41, 5.74) is -0.365. The Hall–Kier alpha value is -2.85. The lowest BCUT2D eigenvalue weighted by molar-refractivity contribution is -0.145. The zero-order valence-corrected chi connectivity index (χ0v) is 22.5. The summed E-state index contributed by atoms with van der Waals surface area (Å²) < 4.78 is 58.7. The van der Waals surface area contributed by atoms with Crippen molar-refractivity contribution >= 4 is 49.7 Å². The number of aromatic nitrogens is 1. The topological polar surface area (TPSA) is 93.6 Å². The van der Waals surface area contributed by atoms with Crippen LogP contribution in [-0.4, -0.2) is 38.8 Å². The monoisotopic (exact) mass is 540 g/mol. The third-order valence-electron chi connectivity index (χ3n) is 6.04. The van der Waals surface area contributed by atoms with Gasteiger partial charge in [0.2, 0.25) is 0 Å². The van der Waals surface area contributed by atoms with Crippen molar-refractivity contribution in [1.82, 2.24) is 4.98 Å². The number of carbonyl (C=O) groups excluding carboxylic acids is 2. The predicted octanol–water partition coefficient (Wildman–Crippen LogP) is 5.35. The molecule has 0 N–H and O–H groups in total. The lowest BCUT2D eigenvalue weighted by Gasteiger charge is -2.35. The molecule has 1 aliphatic rings. The van der Waals surface area contributed by atoms with Gasteiger partial charge in [0.1, 0.15) is 10.6 Å². The maximum absolute atomic E-state index is 14.1. The molecule has 36 heavy (non-hydrogen) atoms. The first kappa shape index (κ1) is 27.7. The average molecular weight is 541 g/mol. The van der Waals surface area contributed by atoms with Gasteiger partial charge in [0, 0.05) is 24.4 Å². The largest absolute Gasteiger partial charge is 0.422 e. The Bertz CT molecular complexity index is 1400. The van der Waals surface area contributed by atoms with Crippen molar-refractivity contribution in [2.24, 2.45) is 5.41 Å². The normalized spacial score (nSPS) is 16.5. The molecule has 0 fully saturated rings.